The van der Waals surface area contributed by atoms with Crippen molar-refractivity contribution in [1.82, 2.24) is 19.5 Å². The van der Waals surface area contributed by atoms with Crippen LogP contribution < -0.4 is 15.2 Å². The number of hydrogen-bond donors (Lipinski definition) is 0. The maximum Gasteiger partial charge on any atom is 0.573 e. The van der Waals surface area contributed by atoms with Gasteiger partial charge in [-0.25, -0.2) is 15.0 Å². The van der Waals surface area contributed by atoms with Crippen molar-refractivity contribution in [3.05, 3.63) is 64.8 Å². The molecule has 1 aliphatic heterocycles. The molecule has 8 nitrogen and oxygen atoms in total. The third kappa shape index (κ3) is 4.66. The van der Waals surface area contributed by atoms with E-state index in [2.05, 4.69) is 19.7 Å². The van der Waals surface area contributed by atoms with Crippen molar-refractivity contribution < 1.29 is 22.6 Å². The molecule has 3 heterocycles. The summed E-state index contributed by atoms with van der Waals surface area (Å²) < 4.78 is 49.7. The molecule has 1 fully saturated rings. The molecule has 1 atom stereocenters. The van der Waals surface area contributed by atoms with Gasteiger partial charge in [0.25, 0.3) is 5.56 Å². The molecule has 2 aromatic heterocycles. The number of para-hydroxylation sites is 1. The molecule has 1 saturated heterocycles. The predicted molar refractivity (Wildman–Crippen MR) is 105 cm³/mol. The molecule has 31 heavy (non-hydrogen) atoms. The number of anilines is 1. The smallest absolute Gasteiger partial charge is 0.405 e. The first-order valence-corrected chi connectivity index (χ1v) is 9.37. The molecule has 0 aliphatic carbocycles. The number of morpholine rings is 1. The van der Waals surface area contributed by atoms with E-state index in [9.17, 15) is 18.0 Å². The fraction of sp³-hybridized carbons (Fsp3) is 0.300. The Kier molecular flexibility index (Phi) is 5.59. The molecule has 162 valence electrons. The number of benzene rings is 1. The Morgan fingerprint density at radius 1 is 1.19 bits per heavy atom. The van der Waals surface area contributed by atoms with Crippen LogP contribution in [-0.2, 0) is 11.8 Å². The van der Waals surface area contributed by atoms with Crippen molar-refractivity contribution in [2.75, 3.05) is 24.6 Å². The number of alkyl halides is 3. The van der Waals surface area contributed by atoms with Gasteiger partial charge in [0.05, 0.1) is 24.5 Å². The first kappa shape index (κ1) is 20.8. The monoisotopic (exact) mass is 433 g/mol. The van der Waals surface area contributed by atoms with Crippen LogP contribution >= 0.6 is 0 Å². The molecule has 11 heteroatoms. The lowest BCUT2D eigenvalue weighted by Gasteiger charge is -2.35. The summed E-state index contributed by atoms with van der Waals surface area (Å²) in [7, 11) is 1.58. The van der Waals surface area contributed by atoms with Gasteiger partial charge in [-0.1, -0.05) is 18.2 Å². The summed E-state index contributed by atoms with van der Waals surface area (Å²) in [6.45, 7) is 0.830. The van der Waals surface area contributed by atoms with Crippen LogP contribution in [0.25, 0.3) is 11.4 Å². The number of aromatic nitrogens is 4. The first-order valence-electron chi connectivity index (χ1n) is 9.37. The summed E-state index contributed by atoms with van der Waals surface area (Å²) in [6.07, 6.45) is -2.62. The van der Waals surface area contributed by atoms with Gasteiger partial charge < -0.3 is 14.4 Å². The van der Waals surface area contributed by atoms with E-state index in [-0.39, 0.29) is 30.0 Å². The van der Waals surface area contributed by atoms with E-state index >= 15 is 0 Å². The number of ether oxygens (including phenoxy) is 2. The molecule has 0 N–H and O–H groups in total. The van der Waals surface area contributed by atoms with Gasteiger partial charge >= 0.3 is 6.36 Å². The van der Waals surface area contributed by atoms with Crippen molar-refractivity contribution in [2.24, 2.45) is 7.05 Å². The Hall–Kier alpha value is -3.47. The highest BCUT2D eigenvalue weighted by Crippen LogP contribution is 2.34. The Bertz CT molecular complexity index is 1120. The topological polar surface area (TPSA) is 82.4 Å². The van der Waals surface area contributed by atoms with Crippen molar-refractivity contribution >= 4 is 5.95 Å². The second-order valence-corrected chi connectivity index (χ2v) is 6.82. The lowest BCUT2D eigenvalue weighted by Crippen LogP contribution is -2.42. The van der Waals surface area contributed by atoms with Crippen LogP contribution in [0.3, 0.4) is 0 Å². The molecule has 4 rings (SSSR count). The van der Waals surface area contributed by atoms with Crippen molar-refractivity contribution in [3.63, 3.8) is 0 Å². The van der Waals surface area contributed by atoms with Gasteiger partial charge in [-0.05, 0) is 12.1 Å². The molecule has 0 amide bonds. The van der Waals surface area contributed by atoms with E-state index in [1.54, 1.807) is 30.3 Å². The highest BCUT2D eigenvalue weighted by Gasteiger charge is 2.34. The zero-order chi connectivity index (χ0) is 22.0. The van der Waals surface area contributed by atoms with Crippen LogP contribution in [0.4, 0.5) is 19.1 Å². The summed E-state index contributed by atoms with van der Waals surface area (Å²) in [5, 5.41) is 0. The quantitative estimate of drug-likeness (QED) is 0.626. The highest BCUT2D eigenvalue weighted by molar-refractivity contribution is 5.55. The van der Waals surface area contributed by atoms with E-state index in [4.69, 9.17) is 4.74 Å². The second-order valence-electron chi connectivity index (χ2n) is 6.82. The SMILES string of the molecule is Cn1c(N2CCOC(c3ccccc3OC(F)(F)F)C2)nc(-c2ccncn2)cc1=O. The van der Waals surface area contributed by atoms with Crippen molar-refractivity contribution in [3.8, 4) is 17.1 Å². The number of rotatable bonds is 4. The second kappa shape index (κ2) is 8.34. The fourth-order valence-electron chi connectivity index (χ4n) is 3.37. The number of hydrogen-bond acceptors (Lipinski definition) is 7. The van der Waals surface area contributed by atoms with E-state index < -0.39 is 12.5 Å². The molecule has 1 aromatic carbocycles. The van der Waals surface area contributed by atoms with Crippen LogP contribution in [0, 0.1) is 0 Å². The Morgan fingerprint density at radius 3 is 2.74 bits per heavy atom. The predicted octanol–water partition coefficient (Wildman–Crippen LogP) is 2.71. The van der Waals surface area contributed by atoms with Gasteiger partial charge in [-0.2, -0.15) is 0 Å². The van der Waals surface area contributed by atoms with E-state index in [0.717, 1.165) is 0 Å². The number of halogens is 3. The van der Waals surface area contributed by atoms with E-state index in [1.807, 2.05) is 0 Å². The van der Waals surface area contributed by atoms with Crippen LogP contribution in [0.5, 0.6) is 5.75 Å². The molecule has 0 spiro atoms. The molecule has 0 bridgehead atoms. The minimum atomic E-state index is -4.82. The summed E-state index contributed by atoms with van der Waals surface area (Å²) in [6, 6.07) is 8.86. The molecular formula is C20H18F3N5O3. The highest BCUT2D eigenvalue weighted by atomic mass is 19.4. The summed E-state index contributed by atoms with van der Waals surface area (Å²) in [5.41, 5.74) is 0.843. The number of nitrogens with zero attached hydrogens (tertiary/aromatic N) is 5. The summed E-state index contributed by atoms with van der Waals surface area (Å²) in [4.78, 5) is 26.9. The van der Waals surface area contributed by atoms with Crippen LogP contribution in [0.15, 0.2) is 53.7 Å². The molecule has 3 aromatic rings. The van der Waals surface area contributed by atoms with Gasteiger partial charge in [-0.15, -0.1) is 13.2 Å². The lowest BCUT2D eigenvalue weighted by molar-refractivity contribution is -0.275. The normalized spacial score (nSPS) is 16.9. The average molecular weight is 433 g/mol. The van der Waals surface area contributed by atoms with Crippen LogP contribution in [0.1, 0.15) is 11.7 Å². The largest absolute Gasteiger partial charge is 0.573 e. The van der Waals surface area contributed by atoms with Crippen LogP contribution in [-0.4, -0.2) is 45.6 Å². The van der Waals surface area contributed by atoms with Gasteiger partial charge in [0.15, 0.2) is 0 Å². The molecule has 0 radical (unpaired) electrons. The zero-order valence-corrected chi connectivity index (χ0v) is 16.4. The molecule has 0 saturated carbocycles. The third-order valence-corrected chi connectivity index (χ3v) is 4.80. The van der Waals surface area contributed by atoms with Crippen molar-refractivity contribution in [1.29, 1.82) is 0 Å². The maximum atomic E-state index is 12.8. The first-order chi connectivity index (χ1) is 14.8. The third-order valence-electron chi connectivity index (χ3n) is 4.80. The van der Waals surface area contributed by atoms with Gasteiger partial charge in [0.1, 0.15) is 18.2 Å². The Morgan fingerprint density at radius 2 is 2.00 bits per heavy atom. The molecular weight excluding hydrogens is 415 g/mol. The fourth-order valence-corrected chi connectivity index (χ4v) is 3.37. The van der Waals surface area contributed by atoms with Crippen LogP contribution in [0.2, 0.25) is 0 Å². The molecule has 1 unspecified atom stereocenters. The Labute approximate surface area is 174 Å². The average Bonchev–Trinajstić information content (AvgIpc) is 2.75. The van der Waals surface area contributed by atoms with E-state index in [1.165, 1.54) is 35.2 Å². The minimum absolute atomic E-state index is 0.186. The Balaban J connectivity index is 1.66. The summed E-state index contributed by atoms with van der Waals surface area (Å²) >= 11 is 0. The summed E-state index contributed by atoms with van der Waals surface area (Å²) in [5.74, 6) is 0.0436. The van der Waals surface area contributed by atoms with Gasteiger partial charge in [0.2, 0.25) is 5.95 Å². The molecule has 1 aliphatic rings. The lowest BCUT2D eigenvalue weighted by atomic mass is 10.1. The van der Waals surface area contributed by atoms with Gasteiger partial charge in [0, 0.05) is 31.4 Å². The standard InChI is InChI=1S/C20H18F3N5O3/c1-27-18(29)10-15(14-6-7-24-12-25-14)26-19(27)28-8-9-30-17(11-28)13-4-2-3-5-16(13)31-20(21,22)23/h2-7,10,12,17H,8-9,11H2,1H3. The van der Waals surface area contributed by atoms with Crippen molar-refractivity contribution in [2.45, 2.75) is 12.5 Å². The maximum absolute atomic E-state index is 12.8. The minimum Gasteiger partial charge on any atom is -0.405 e. The van der Waals surface area contributed by atoms with Gasteiger partial charge in [-0.3, -0.25) is 9.36 Å². The zero-order valence-electron chi connectivity index (χ0n) is 16.4. The van der Waals surface area contributed by atoms with E-state index in [0.29, 0.717) is 23.9 Å².